The van der Waals surface area contributed by atoms with E-state index in [4.69, 9.17) is 4.42 Å². The van der Waals surface area contributed by atoms with Crippen molar-refractivity contribution in [2.75, 3.05) is 13.1 Å². The van der Waals surface area contributed by atoms with Gasteiger partial charge in [-0.25, -0.2) is 0 Å². The molecule has 1 aliphatic rings. The number of aromatic nitrogens is 2. The predicted molar refractivity (Wildman–Crippen MR) is 85.8 cm³/mol. The van der Waals surface area contributed by atoms with Crippen molar-refractivity contribution in [3.63, 3.8) is 0 Å². The Balaban J connectivity index is 1.63. The molecule has 0 bridgehead atoms. The molecule has 0 unspecified atom stereocenters. The normalized spacial score (nSPS) is 18.3. The van der Waals surface area contributed by atoms with E-state index in [0.29, 0.717) is 18.3 Å². The Labute approximate surface area is 140 Å². The summed E-state index contributed by atoms with van der Waals surface area (Å²) in [6, 6.07) is 9.39. The van der Waals surface area contributed by atoms with Gasteiger partial charge in [0.05, 0.1) is 13.1 Å². The lowest BCUT2D eigenvalue weighted by molar-refractivity contribution is -0.156. The van der Waals surface area contributed by atoms with Gasteiger partial charge in [-0.3, -0.25) is 9.59 Å². The van der Waals surface area contributed by atoms with Gasteiger partial charge in [-0.15, -0.1) is 10.2 Å². The Morgan fingerprint density at radius 2 is 1.96 bits per heavy atom. The Bertz CT molecular complexity index is 728. The monoisotopic (exact) mass is 328 g/mol. The molecule has 7 nitrogen and oxygen atoms in total. The van der Waals surface area contributed by atoms with Crippen LogP contribution in [0.5, 0.6) is 0 Å². The first kappa shape index (κ1) is 16.2. The fraction of sp³-hybridized carbons (Fsp3) is 0.412. The molecule has 0 N–H and O–H groups in total. The van der Waals surface area contributed by atoms with E-state index < -0.39 is 6.04 Å². The molecule has 0 saturated carbocycles. The zero-order valence-corrected chi connectivity index (χ0v) is 13.8. The summed E-state index contributed by atoms with van der Waals surface area (Å²) in [5.41, 5.74) is 1.15. The molecule has 2 amide bonds. The molecule has 1 saturated heterocycles. The molecule has 126 valence electrons. The summed E-state index contributed by atoms with van der Waals surface area (Å²) >= 11 is 0. The molecule has 0 aliphatic carbocycles. The third-order valence-electron chi connectivity index (χ3n) is 4.17. The number of amides is 2. The maximum atomic E-state index is 12.6. The van der Waals surface area contributed by atoms with E-state index in [0.717, 1.165) is 12.0 Å². The van der Waals surface area contributed by atoms with Gasteiger partial charge in [0.2, 0.25) is 23.6 Å². The average Bonchev–Trinajstić information content (AvgIpc) is 3.00. The highest BCUT2D eigenvalue weighted by Crippen LogP contribution is 2.16. The van der Waals surface area contributed by atoms with Crippen LogP contribution in [0.4, 0.5) is 0 Å². The number of benzene rings is 1. The minimum atomic E-state index is -0.533. The maximum Gasteiger partial charge on any atom is 0.245 e. The van der Waals surface area contributed by atoms with Crippen molar-refractivity contribution in [2.24, 2.45) is 0 Å². The van der Waals surface area contributed by atoms with Crippen LogP contribution in [0.1, 0.15) is 24.3 Å². The third-order valence-corrected chi connectivity index (χ3v) is 4.17. The fourth-order valence-corrected chi connectivity index (χ4v) is 2.82. The first-order valence-corrected chi connectivity index (χ1v) is 7.96. The predicted octanol–water partition coefficient (Wildman–Crippen LogP) is 1.18. The molecule has 7 heteroatoms. The molecular formula is C17H20N4O3. The van der Waals surface area contributed by atoms with Crippen LogP contribution in [-0.2, 0) is 22.6 Å². The SMILES string of the molecule is Cc1nnc(CN2C(=O)CN(CCc3ccccc3)C(=O)[C@H]2C)o1. The number of hydrogen-bond acceptors (Lipinski definition) is 5. The summed E-state index contributed by atoms with van der Waals surface area (Å²) in [4.78, 5) is 28.1. The molecule has 1 aromatic heterocycles. The van der Waals surface area contributed by atoms with Gasteiger partial charge in [-0.1, -0.05) is 30.3 Å². The standard InChI is InChI=1S/C17H20N4O3/c1-12-17(23)20(9-8-14-6-4-3-5-7-14)11-16(22)21(12)10-15-19-18-13(2)24-15/h3-7,12H,8-11H2,1-2H3/t12-/m1/s1. The van der Waals surface area contributed by atoms with Crippen molar-refractivity contribution in [3.05, 3.63) is 47.7 Å². The van der Waals surface area contributed by atoms with Crippen LogP contribution in [0.25, 0.3) is 0 Å². The van der Waals surface area contributed by atoms with Crippen molar-refractivity contribution in [1.82, 2.24) is 20.0 Å². The van der Waals surface area contributed by atoms with Crippen LogP contribution in [0.2, 0.25) is 0 Å². The smallest absolute Gasteiger partial charge is 0.245 e. The molecule has 24 heavy (non-hydrogen) atoms. The number of aryl methyl sites for hydroxylation is 1. The summed E-state index contributed by atoms with van der Waals surface area (Å²) in [6.07, 6.45) is 0.732. The zero-order valence-electron chi connectivity index (χ0n) is 13.8. The largest absolute Gasteiger partial charge is 0.424 e. The Morgan fingerprint density at radius 1 is 1.21 bits per heavy atom. The van der Waals surface area contributed by atoms with E-state index in [1.54, 1.807) is 18.7 Å². The number of rotatable bonds is 5. The lowest BCUT2D eigenvalue weighted by Crippen LogP contribution is -2.58. The molecule has 2 aromatic rings. The molecular weight excluding hydrogens is 308 g/mol. The van der Waals surface area contributed by atoms with E-state index >= 15 is 0 Å². The highest BCUT2D eigenvalue weighted by molar-refractivity contribution is 5.94. The summed E-state index contributed by atoms with van der Waals surface area (Å²) in [5.74, 6) is 0.629. The quantitative estimate of drug-likeness (QED) is 0.823. The number of piperazine rings is 1. The highest BCUT2D eigenvalue weighted by atomic mass is 16.4. The number of carbonyl (C=O) groups is 2. The van der Waals surface area contributed by atoms with Crippen molar-refractivity contribution >= 4 is 11.8 Å². The lowest BCUT2D eigenvalue weighted by atomic mass is 10.1. The molecule has 3 rings (SSSR count). The second-order valence-corrected chi connectivity index (χ2v) is 5.91. The fourth-order valence-electron chi connectivity index (χ4n) is 2.82. The Kier molecular flexibility index (Phi) is 4.59. The molecule has 1 aromatic carbocycles. The topological polar surface area (TPSA) is 79.5 Å². The first-order valence-electron chi connectivity index (χ1n) is 7.96. The van der Waals surface area contributed by atoms with Crippen LogP contribution in [-0.4, -0.2) is 50.9 Å². The molecule has 1 aliphatic heterocycles. The lowest BCUT2D eigenvalue weighted by Gasteiger charge is -2.38. The van der Waals surface area contributed by atoms with E-state index in [-0.39, 0.29) is 24.9 Å². The second-order valence-electron chi connectivity index (χ2n) is 5.91. The summed E-state index contributed by atoms with van der Waals surface area (Å²) in [7, 11) is 0. The minimum absolute atomic E-state index is 0.0539. The molecule has 1 fully saturated rings. The number of hydrogen-bond donors (Lipinski definition) is 0. The molecule has 2 heterocycles. The number of nitrogens with zero attached hydrogens (tertiary/aromatic N) is 4. The number of carbonyl (C=O) groups excluding carboxylic acids is 2. The maximum absolute atomic E-state index is 12.6. The Hall–Kier alpha value is -2.70. The Morgan fingerprint density at radius 3 is 2.62 bits per heavy atom. The van der Waals surface area contributed by atoms with Crippen molar-refractivity contribution in [1.29, 1.82) is 0 Å². The van der Waals surface area contributed by atoms with E-state index in [1.807, 2.05) is 30.3 Å². The van der Waals surface area contributed by atoms with Gasteiger partial charge < -0.3 is 14.2 Å². The molecule has 1 atom stereocenters. The highest BCUT2D eigenvalue weighted by Gasteiger charge is 2.36. The first-order chi connectivity index (χ1) is 11.5. The van der Waals surface area contributed by atoms with Crippen molar-refractivity contribution in [3.8, 4) is 0 Å². The van der Waals surface area contributed by atoms with E-state index in [1.165, 1.54) is 4.90 Å². The van der Waals surface area contributed by atoms with Gasteiger partial charge in [-0.05, 0) is 18.9 Å². The van der Waals surface area contributed by atoms with Gasteiger partial charge in [-0.2, -0.15) is 0 Å². The molecule has 0 radical (unpaired) electrons. The average molecular weight is 328 g/mol. The van der Waals surface area contributed by atoms with Gasteiger partial charge >= 0.3 is 0 Å². The summed E-state index contributed by atoms with van der Waals surface area (Å²) in [6.45, 7) is 4.21. The summed E-state index contributed by atoms with van der Waals surface area (Å²) in [5, 5.41) is 7.64. The van der Waals surface area contributed by atoms with Crippen LogP contribution < -0.4 is 0 Å². The van der Waals surface area contributed by atoms with E-state index in [9.17, 15) is 9.59 Å². The van der Waals surface area contributed by atoms with Crippen molar-refractivity contribution < 1.29 is 14.0 Å². The minimum Gasteiger partial charge on any atom is -0.424 e. The zero-order chi connectivity index (χ0) is 17.1. The van der Waals surface area contributed by atoms with Crippen LogP contribution in [0.3, 0.4) is 0 Å². The van der Waals surface area contributed by atoms with Gasteiger partial charge in [0.15, 0.2) is 0 Å². The van der Waals surface area contributed by atoms with Crippen LogP contribution >= 0.6 is 0 Å². The van der Waals surface area contributed by atoms with Gasteiger partial charge in [0, 0.05) is 13.5 Å². The van der Waals surface area contributed by atoms with Crippen LogP contribution in [0.15, 0.2) is 34.7 Å². The van der Waals surface area contributed by atoms with Gasteiger partial charge in [0.25, 0.3) is 0 Å². The van der Waals surface area contributed by atoms with Crippen LogP contribution in [0, 0.1) is 6.92 Å². The second kappa shape index (κ2) is 6.82. The summed E-state index contributed by atoms with van der Waals surface area (Å²) < 4.78 is 5.31. The van der Waals surface area contributed by atoms with Gasteiger partial charge in [0.1, 0.15) is 6.04 Å². The van der Waals surface area contributed by atoms with Crippen molar-refractivity contribution in [2.45, 2.75) is 32.9 Å². The third kappa shape index (κ3) is 3.45. The van der Waals surface area contributed by atoms with E-state index in [2.05, 4.69) is 10.2 Å². The molecule has 0 spiro atoms.